The van der Waals surface area contributed by atoms with Crippen molar-refractivity contribution >= 4 is 28.1 Å². The topological polar surface area (TPSA) is 80.1 Å². The first-order valence-corrected chi connectivity index (χ1v) is 9.73. The number of H-pyrrole nitrogens is 1. The zero-order valence-corrected chi connectivity index (χ0v) is 15.4. The molecule has 0 saturated heterocycles. The molecule has 0 spiro atoms. The smallest absolute Gasteiger partial charge is 0.259 e. The van der Waals surface area contributed by atoms with E-state index in [2.05, 4.69) is 15.0 Å². The Morgan fingerprint density at radius 3 is 2.73 bits per heavy atom. The van der Waals surface area contributed by atoms with E-state index in [9.17, 15) is 9.59 Å². The molecule has 8 heteroatoms. The summed E-state index contributed by atoms with van der Waals surface area (Å²) in [7, 11) is 0. The summed E-state index contributed by atoms with van der Waals surface area (Å²) in [6, 6.07) is 12.7. The molecule has 0 aliphatic rings. The fourth-order valence-corrected chi connectivity index (χ4v) is 4.35. The van der Waals surface area contributed by atoms with Crippen LogP contribution in [0.2, 0.25) is 0 Å². The highest BCUT2D eigenvalue weighted by atomic mass is 32.2. The van der Waals surface area contributed by atoms with Crippen molar-refractivity contribution in [2.24, 2.45) is 0 Å². The van der Waals surface area contributed by atoms with Crippen molar-refractivity contribution in [1.82, 2.24) is 19.4 Å². The van der Waals surface area contributed by atoms with Crippen LogP contribution in [0, 0.1) is 6.92 Å². The van der Waals surface area contributed by atoms with Gasteiger partial charge < -0.3 is 4.98 Å². The summed E-state index contributed by atoms with van der Waals surface area (Å²) in [5, 5.41) is 2.46. The van der Waals surface area contributed by atoms with Gasteiger partial charge in [-0.05, 0) is 12.5 Å². The molecule has 0 amide bonds. The van der Waals surface area contributed by atoms with Crippen molar-refractivity contribution < 1.29 is 0 Å². The standard InChI is InChI=1S/C18H14N4O2S2/c1-11-7-15(23)21-17(19-11)25-9-13-8-16(24)22-14(10-26-18(22)20-13)12-5-3-2-4-6-12/h2-8,10H,9H2,1H3,(H,19,21,23). The molecule has 1 N–H and O–H groups in total. The number of thiazole rings is 1. The van der Waals surface area contributed by atoms with E-state index in [1.807, 2.05) is 35.7 Å². The van der Waals surface area contributed by atoms with Gasteiger partial charge in [-0.25, -0.2) is 9.97 Å². The molecule has 0 radical (unpaired) electrons. The molecular weight excluding hydrogens is 368 g/mol. The lowest BCUT2D eigenvalue weighted by Crippen LogP contribution is -2.14. The monoisotopic (exact) mass is 382 g/mol. The van der Waals surface area contributed by atoms with Crippen molar-refractivity contribution in [1.29, 1.82) is 0 Å². The van der Waals surface area contributed by atoms with Gasteiger partial charge >= 0.3 is 0 Å². The van der Waals surface area contributed by atoms with Crippen molar-refractivity contribution in [3.8, 4) is 11.3 Å². The van der Waals surface area contributed by atoms with Crippen molar-refractivity contribution in [3.05, 3.63) is 79.9 Å². The van der Waals surface area contributed by atoms with Crippen LogP contribution < -0.4 is 11.1 Å². The third kappa shape index (κ3) is 3.33. The van der Waals surface area contributed by atoms with E-state index in [-0.39, 0.29) is 11.1 Å². The lowest BCUT2D eigenvalue weighted by atomic mass is 10.2. The van der Waals surface area contributed by atoms with Gasteiger partial charge in [0.15, 0.2) is 10.1 Å². The minimum atomic E-state index is -0.186. The fourth-order valence-electron chi connectivity index (χ4n) is 2.61. The third-order valence-corrected chi connectivity index (χ3v) is 5.46. The summed E-state index contributed by atoms with van der Waals surface area (Å²) in [5.41, 5.74) is 2.83. The summed E-state index contributed by atoms with van der Waals surface area (Å²) < 4.78 is 1.63. The van der Waals surface area contributed by atoms with Crippen LogP contribution in [0.15, 0.2) is 62.6 Å². The molecule has 0 aliphatic carbocycles. The van der Waals surface area contributed by atoms with E-state index < -0.39 is 0 Å². The summed E-state index contributed by atoms with van der Waals surface area (Å²) in [5.74, 6) is 0.455. The predicted molar refractivity (Wildman–Crippen MR) is 104 cm³/mol. The number of aryl methyl sites for hydroxylation is 1. The maximum absolute atomic E-state index is 12.6. The van der Waals surface area contributed by atoms with E-state index in [0.717, 1.165) is 11.3 Å². The van der Waals surface area contributed by atoms with E-state index in [1.54, 1.807) is 11.3 Å². The number of benzene rings is 1. The summed E-state index contributed by atoms with van der Waals surface area (Å²) in [4.78, 5) is 36.3. The van der Waals surface area contributed by atoms with Gasteiger partial charge in [0.05, 0.1) is 11.4 Å². The van der Waals surface area contributed by atoms with Gasteiger partial charge in [0, 0.05) is 29.0 Å². The Morgan fingerprint density at radius 1 is 1.15 bits per heavy atom. The number of nitrogens with one attached hydrogen (secondary N) is 1. The minimum Gasteiger partial charge on any atom is -0.301 e. The third-order valence-electron chi connectivity index (χ3n) is 3.73. The highest BCUT2D eigenvalue weighted by Crippen LogP contribution is 2.24. The van der Waals surface area contributed by atoms with Crippen molar-refractivity contribution in [2.75, 3.05) is 0 Å². The second-order valence-electron chi connectivity index (χ2n) is 5.67. The summed E-state index contributed by atoms with van der Waals surface area (Å²) in [6.45, 7) is 1.77. The maximum atomic E-state index is 12.6. The minimum absolute atomic E-state index is 0.114. The second-order valence-corrected chi connectivity index (χ2v) is 7.47. The van der Waals surface area contributed by atoms with Crippen LogP contribution in [0.4, 0.5) is 0 Å². The van der Waals surface area contributed by atoms with Gasteiger partial charge in [0.2, 0.25) is 0 Å². The molecule has 0 fully saturated rings. The number of hydrogen-bond donors (Lipinski definition) is 1. The van der Waals surface area contributed by atoms with Gasteiger partial charge in [-0.2, -0.15) is 0 Å². The molecule has 6 nitrogen and oxygen atoms in total. The number of fused-ring (bicyclic) bond motifs is 1. The molecule has 130 valence electrons. The molecule has 0 bridgehead atoms. The number of rotatable bonds is 4. The summed E-state index contributed by atoms with van der Waals surface area (Å²) in [6.07, 6.45) is 0. The Hall–Kier alpha value is -2.71. The lowest BCUT2D eigenvalue weighted by molar-refractivity contribution is 0.903. The largest absolute Gasteiger partial charge is 0.301 e. The fraction of sp³-hybridized carbons (Fsp3) is 0.111. The maximum Gasteiger partial charge on any atom is 0.259 e. The van der Waals surface area contributed by atoms with Crippen LogP contribution in [-0.2, 0) is 5.75 Å². The van der Waals surface area contributed by atoms with Gasteiger partial charge in [-0.3, -0.25) is 14.0 Å². The first-order valence-electron chi connectivity index (χ1n) is 7.86. The summed E-state index contributed by atoms with van der Waals surface area (Å²) >= 11 is 2.78. The Bertz CT molecular complexity index is 1200. The zero-order valence-electron chi connectivity index (χ0n) is 13.8. The zero-order chi connectivity index (χ0) is 18.1. The van der Waals surface area contributed by atoms with E-state index >= 15 is 0 Å². The number of hydrogen-bond acceptors (Lipinski definition) is 6. The normalized spacial score (nSPS) is 11.1. The number of aromatic nitrogens is 4. The Balaban J connectivity index is 1.66. The molecule has 0 atom stereocenters. The Kier molecular flexibility index (Phi) is 4.44. The SMILES string of the molecule is Cc1cc(=O)[nH]c(SCc2cc(=O)n3c(-c4ccccc4)csc3n2)n1. The van der Waals surface area contributed by atoms with Crippen molar-refractivity contribution in [3.63, 3.8) is 0 Å². The molecule has 4 rings (SSSR count). The Morgan fingerprint density at radius 2 is 1.96 bits per heavy atom. The predicted octanol–water partition coefficient (Wildman–Crippen LogP) is 3.11. The molecule has 3 heterocycles. The van der Waals surface area contributed by atoms with Crippen LogP contribution in [0.25, 0.3) is 16.2 Å². The molecule has 1 aromatic carbocycles. The molecule has 0 saturated carbocycles. The van der Waals surface area contributed by atoms with E-state index in [0.29, 0.717) is 27.3 Å². The van der Waals surface area contributed by atoms with Gasteiger partial charge in [0.25, 0.3) is 11.1 Å². The molecule has 0 aliphatic heterocycles. The lowest BCUT2D eigenvalue weighted by Gasteiger charge is -2.04. The van der Waals surface area contributed by atoms with Crippen LogP contribution in [0.3, 0.4) is 0 Å². The molecule has 26 heavy (non-hydrogen) atoms. The van der Waals surface area contributed by atoms with Crippen LogP contribution in [-0.4, -0.2) is 19.4 Å². The first-order chi connectivity index (χ1) is 12.6. The quantitative estimate of drug-likeness (QED) is 0.433. The van der Waals surface area contributed by atoms with Crippen LogP contribution in [0.1, 0.15) is 11.4 Å². The van der Waals surface area contributed by atoms with E-state index in [1.165, 1.54) is 35.2 Å². The first kappa shape index (κ1) is 16.7. The molecule has 0 unspecified atom stereocenters. The van der Waals surface area contributed by atoms with E-state index in [4.69, 9.17) is 0 Å². The molecule has 4 aromatic rings. The highest BCUT2D eigenvalue weighted by Gasteiger charge is 2.11. The second kappa shape index (κ2) is 6.89. The number of nitrogens with zero attached hydrogens (tertiary/aromatic N) is 3. The Labute approximate surface area is 156 Å². The van der Waals surface area contributed by atoms with Gasteiger partial charge in [-0.1, -0.05) is 42.1 Å². The van der Waals surface area contributed by atoms with Crippen LogP contribution in [0.5, 0.6) is 0 Å². The average molecular weight is 382 g/mol. The highest BCUT2D eigenvalue weighted by molar-refractivity contribution is 7.98. The van der Waals surface area contributed by atoms with Gasteiger partial charge in [0.1, 0.15) is 0 Å². The average Bonchev–Trinajstić information content (AvgIpc) is 3.04. The molecular formula is C18H14N4O2S2. The van der Waals surface area contributed by atoms with Gasteiger partial charge in [-0.15, -0.1) is 11.3 Å². The van der Waals surface area contributed by atoms with Crippen molar-refractivity contribution in [2.45, 2.75) is 17.8 Å². The molecule has 3 aromatic heterocycles. The number of aromatic amines is 1. The number of thioether (sulfide) groups is 1. The van der Waals surface area contributed by atoms with Crippen LogP contribution >= 0.6 is 23.1 Å².